The molecule has 0 saturated carbocycles. The Kier molecular flexibility index (Phi) is 3.89. The molecular weight excluding hydrogens is 294 g/mol. The third-order valence-corrected chi connectivity index (χ3v) is 3.58. The number of rotatable bonds is 4. The molecule has 3 aromatic rings. The summed E-state index contributed by atoms with van der Waals surface area (Å²) in [6.45, 7) is 1.86. The first-order valence-electron chi connectivity index (χ1n) is 7.11. The second-order valence-electron chi connectivity index (χ2n) is 4.99. The molecule has 6 heteroatoms. The molecule has 1 amide bonds. The Bertz CT molecular complexity index is 871. The number of aromatic nitrogens is 2. The lowest BCUT2D eigenvalue weighted by molar-refractivity contribution is 0.102. The van der Waals surface area contributed by atoms with Crippen molar-refractivity contribution in [2.45, 2.75) is 6.92 Å². The Balaban J connectivity index is 1.92. The summed E-state index contributed by atoms with van der Waals surface area (Å²) in [5.74, 6) is 1.65. The van der Waals surface area contributed by atoms with Crippen LogP contribution in [0.15, 0.2) is 42.6 Å². The number of nitrogens with zero attached hydrogens (tertiary/aromatic N) is 2. The van der Waals surface area contributed by atoms with E-state index in [1.807, 2.05) is 35.7 Å². The van der Waals surface area contributed by atoms with Crippen LogP contribution < -0.4 is 14.8 Å². The van der Waals surface area contributed by atoms with Gasteiger partial charge < -0.3 is 19.2 Å². The first-order valence-corrected chi connectivity index (χ1v) is 7.11. The minimum Gasteiger partial charge on any atom is -0.493 e. The number of ether oxygens (including phenoxy) is 2. The highest BCUT2D eigenvalue weighted by Crippen LogP contribution is 2.30. The summed E-state index contributed by atoms with van der Waals surface area (Å²) < 4.78 is 12.3. The number of amides is 1. The zero-order valence-corrected chi connectivity index (χ0v) is 13.2. The highest BCUT2D eigenvalue weighted by atomic mass is 16.5. The van der Waals surface area contributed by atoms with Crippen LogP contribution in [0, 0.1) is 6.92 Å². The van der Waals surface area contributed by atoms with Crippen molar-refractivity contribution in [2.24, 2.45) is 0 Å². The summed E-state index contributed by atoms with van der Waals surface area (Å²) in [5, 5.41) is 2.84. The summed E-state index contributed by atoms with van der Waals surface area (Å²) in [6, 6.07) is 10.8. The van der Waals surface area contributed by atoms with Gasteiger partial charge in [0, 0.05) is 18.0 Å². The fourth-order valence-electron chi connectivity index (χ4n) is 2.46. The fourth-order valence-corrected chi connectivity index (χ4v) is 2.46. The largest absolute Gasteiger partial charge is 0.493 e. The Hall–Kier alpha value is -3.02. The molecule has 0 fully saturated rings. The second-order valence-corrected chi connectivity index (χ2v) is 4.99. The maximum absolute atomic E-state index is 12.5. The zero-order chi connectivity index (χ0) is 16.4. The van der Waals surface area contributed by atoms with E-state index in [0.717, 1.165) is 11.3 Å². The van der Waals surface area contributed by atoms with Crippen LogP contribution >= 0.6 is 0 Å². The van der Waals surface area contributed by atoms with Gasteiger partial charge in [-0.3, -0.25) is 4.79 Å². The van der Waals surface area contributed by atoms with Gasteiger partial charge in [0.2, 0.25) is 0 Å². The van der Waals surface area contributed by atoms with Gasteiger partial charge in [-0.25, -0.2) is 4.98 Å². The summed E-state index contributed by atoms with van der Waals surface area (Å²) in [7, 11) is 3.12. The predicted molar refractivity (Wildman–Crippen MR) is 87.4 cm³/mol. The molecule has 1 N–H and O–H groups in total. The first-order chi connectivity index (χ1) is 11.1. The molecule has 0 radical (unpaired) electrons. The van der Waals surface area contributed by atoms with E-state index in [-0.39, 0.29) is 5.91 Å². The lowest BCUT2D eigenvalue weighted by Crippen LogP contribution is -2.13. The number of aryl methyl sites for hydroxylation is 1. The summed E-state index contributed by atoms with van der Waals surface area (Å²) >= 11 is 0. The van der Waals surface area contributed by atoms with Gasteiger partial charge in [0.1, 0.15) is 5.82 Å². The monoisotopic (exact) mass is 311 g/mol. The number of imidazole rings is 1. The van der Waals surface area contributed by atoms with Crippen LogP contribution in [0.4, 0.5) is 5.69 Å². The first kappa shape index (κ1) is 14.9. The van der Waals surface area contributed by atoms with Crippen molar-refractivity contribution in [3.63, 3.8) is 0 Å². The van der Waals surface area contributed by atoms with Crippen LogP contribution in [0.25, 0.3) is 5.52 Å². The maximum atomic E-state index is 12.5. The third-order valence-electron chi connectivity index (χ3n) is 3.58. The van der Waals surface area contributed by atoms with Gasteiger partial charge in [0.25, 0.3) is 5.91 Å². The topological polar surface area (TPSA) is 64.9 Å². The van der Waals surface area contributed by atoms with Crippen LogP contribution in [-0.2, 0) is 0 Å². The molecule has 0 spiro atoms. The standard InChI is InChI=1S/C17H17N3O3/c1-11-18-16(13-6-4-5-9-20(11)13)17(21)19-12-7-8-14(22-2)15(10-12)23-3/h4-10H,1-3H3,(H,19,21). The highest BCUT2D eigenvalue weighted by molar-refractivity contribution is 6.07. The summed E-state index contributed by atoms with van der Waals surface area (Å²) in [5.41, 5.74) is 1.77. The van der Waals surface area contributed by atoms with Gasteiger partial charge >= 0.3 is 0 Å². The van der Waals surface area contributed by atoms with Crippen molar-refractivity contribution in [2.75, 3.05) is 19.5 Å². The van der Waals surface area contributed by atoms with Crippen LogP contribution in [-0.4, -0.2) is 29.5 Å². The average Bonchev–Trinajstić information content (AvgIpc) is 2.92. The molecule has 0 aliphatic carbocycles. The molecule has 2 heterocycles. The number of hydrogen-bond acceptors (Lipinski definition) is 4. The lowest BCUT2D eigenvalue weighted by Gasteiger charge is -2.10. The number of fused-ring (bicyclic) bond motifs is 1. The van der Waals surface area contributed by atoms with Gasteiger partial charge in [-0.15, -0.1) is 0 Å². The number of nitrogens with one attached hydrogen (secondary N) is 1. The minimum atomic E-state index is -0.269. The van der Waals surface area contributed by atoms with E-state index in [1.54, 1.807) is 32.4 Å². The SMILES string of the molecule is COc1ccc(NC(=O)c2nc(C)n3ccccc23)cc1OC. The normalized spacial score (nSPS) is 10.6. The molecule has 0 aliphatic rings. The molecule has 2 aromatic heterocycles. The maximum Gasteiger partial charge on any atom is 0.276 e. The van der Waals surface area contributed by atoms with E-state index in [2.05, 4.69) is 10.3 Å². The van der Waals surface area contributed by atoms with E-state index >= 15 is 0 Å². The van der Waals surface area contributed by atoms with Crippen LogP contribution in [0.1, 0.15) is 16.3 Å². The van der Waals surface area contributed by atoms with Gasteiger partial charge in [-0.1, -0.05) is 6.07 Å². The molecule has 0 saturated heterocycles. The number of anilines is 1. The van der Waals surface area contributed by atoms with Crippen LogP contribution in [0.3, 0.4) is 0 Å². The van der Waals surface area contributed by atoms with E-state index in [0.29, 0.717) is 22.9 Å². The van der Waals surface area contributed by atoms with E-state index in [4.69, 9.17) is 9.47 Å². The Labute approximate surface area is 133 Å². The molecule has 23 heavy (non-hydrogen) atoms. The Morgan fingerprint density at radius 2 is 1.91 bits per heavy atom. The van der Waals surface area contributed by atoms with E-state index in [1.165, 1.54) is 0 Å². The number of pyridine rings is 1. The Morgan fingerprint density at radius 3 is 2.65 bits per heavy atom. The Morgan fingerprint density at radius 1 is 1.13 bits per heavy atom. The van der Waals surface area contributed by atoms with Crippen molar-refractivity contribution in [1.82, 2.24) is 9.38 Å². The van der Waals surface area contributed by atoms with Gasteiger partial charge in [-0.05, 0) is 31.2 Å². The van der Waals surface area contributed by atoms with Gasteiger partial charge in [-0.2, -0.15) is 0 Å². The van der Waals surface area contributed by atoms with Crippen molar-refractivity contribution >= 4 is 17.1 Å². The van der Waals surface area contributed by atoms with Crippen molar-refractivity contribution in [3.8, 4) is 11.5 Å². The van der Waals surface area contributed by atoms with Gasteiger partial charge in [0.15, 0.2) is 17.2 Å². The summed E-state index contributed by atoms with van der Waals surface area (Å²) in [6.07, 6.45) is 1.88. The number of methoxy groups -OCH3 is 2. The molecule has 0 bridgehead atoms. The number of carbonyl (C=O) groups excluding carboxylic acids is 1. The van der Waals surface area contributed by atoms with Crippen LogP contribution in [0.5, 0.6) is 11.5 Å². The number of carbonyl (C=O) groups is 1. The quantitative estimate of drug-likeness (QED) is 0.804. The molecule has 0 atom stereocenters. The van der Waals surface area contributed by atoms with Gasteiger partial charge in [0.05, 0.1) is 19.7 Å². The van der Waals surface area contributed by atoms with Crippen molar-refractivity contribution in [3.05, 3.63) is 54.1 Å². The molecular formula is C17H17N3O3. The van der Waals surface area contributed by atoms with E-state index < -0.39 is 0 Å². The molecule has 1 aromatic carbocycles. The zero-order valence-electron chi connectivity index (χ0n) is 13.2. The van der Waals surface area contributed by atoms with Crippen LogP contribution in [0.2, 0.25) is 0 Å². The summed E-state index contributed by atoms with van der Waals surface area (Å²) in [4.78, 5) is 16.9. The van der Waals surface area contributed by atoms with Crippen molar-refractivity contribution < 1.29 is 14.3 Å². The molecule has 0 unspecified atom stereocenters. The molecule has 3 rings (SSSR count). The molecule has 118 valence electrons. The smallest absolute Gasteiger partial charge is 0.276 e. The molecule has 0 aliphatic heterocycles. The number of hydrogen-bond donors (Lipinski definition) is 1. The average molecular weight is 311 g/mol. The van der Waals surface area contributed by atoms with Crippen molar-refractivity contribution in [1.29, 1.82) is 0 Å². The fraction of sp³-hybridized carbons (Fsp3) is 0.176. The minimum absolute atomic E-state index is 0.269. The number of benzene rings is 1. The third kappa shape index (κ3) is 2.70. The van der Waals surface area contributed by atoms with E-state index in [9.17, 15) is 4.79 Å². The predicted octanol–water partition coefficient (Wildman–Crippen LogP) is 2.91. The highest BCUT2D eigenvalue weighted by Gasteiger charge is 2.16. The lowest BCUT2D eigenvalue weighted by atomic mass is 10.2. The molecule has 6 nitrogen and oxygen atoms in total. The second kappa shape index (κ2) is 6.00.